The van der Waals surface area contributed by atoms with Crippen LogP contribution in [0.3, 0.4) is 0 Å². The molecule has 0 bridgehead atoms. The fourth-order valence-corrected chi connectivity index (χ4v) is 2.60. The number of nitrogens with one attached hydrogen (secondary N) is 1. The van der Waals surface area contributed by atoms with Crippen LogP contribution < -0.4 is 10.1 Å². The summed E-state index contributed by atoms with van der Waals surface area (Å²) in [5.74, 6) is 0.127. The first-order valence-corrected chi connectivity index (χ1v) is 7.54. The van der Waals surface area contributed by atoms with E-state index in [-0.39, 0.29) is 17.7 Å². The van der Waals surface area contributed by atoms with Crippen molar-refractivity contribution >= 4 is 5.91 Å². The minimum absolute atomic E-state index is 0.0182. The molecule has 3 rings (SSSR count). The number of halogens is 2. The van der Waals surface area contributed by atoms with E-state index in [1.54, 1.807) is 6.07 Å². The van der Waals surface area contributed by atoms with Gasteiger partial charge in [0.15, 0.2) is 0 Å². The lowest BCUT2D eigenvalue weighted by atomic mass is 10.0. The molecule has 1 fully saturated rings. The molecule has 0 radical (unpaired) electrons. The lowest BCUT2D eigenvalue weighted by Crippen LogP contribution is -2.29. The predicted octanol–water partition coefficient (Wildman–Crippen LogP) is 4.17. The summed E-state index contributed by atoms with van der Waals surface area (Å²) < 4.78 is 28.9. The molecule has 2 aromatic rings. The fraction of sp³-hybridized carbons (Fsp3) is 0.278. The maximum atomic E-state index is 12.4. The number of alkyl halides is 2. The number of ether oxygens (including phenoxy) is 1. The number of carbonyl (C=O) groups is 1. The highest BCUT2D eigenvalue weighted by Gasteiger charge is 2.33. The summed E-state index contributed by atoms with van der Waals surface area (Å²) in [6.07, 6.45) is 2.16. The van der Waals surface area contributed by atoms with Crippen LogP contribution in [0.15, 0.2) is 54.6 Å². The summed E-state index contributed by atoms with van der Waals surface area (Å²) in [5, 5.41) is 3.01. The van der Waals surface area contributed by atoms with Gasteiger partial charge in [-0.1, -0.05) is 36.4 Å². The quantitative estimate of drug-likeness (QED) is 0.868. The number of rotatable bonds is 6. The molecule has 0 saturated heterocycles. The van der Waals surface area contributed by atoms with Gasteiger partial charge in [0.25, 0.3) is 5.91 Å². The van der Waals surface area contributed by atoms with E-state index in [0.29, 0.717) is 11.5 Å². The standard InChI is InChI=1S/C18H17F2NO2/c19-18(20)23-15-8-4-7-14(11-15)17(22)21-16(13-9-10-13)12-5-2-1-3-6-12/h1-8,11,13,16,18H,9-10H2,(H,21,22)/t16-/m0/s1. The third kappa shape index (κ3) is 4.06. The third-order valence-corrected chi connectivity index (χ3v) is 3.86. The number of amides is 1. The van der Waals surface area contributed by atoms with Gasteiger partial charge in [-0.15, -0.1) is 0 Å². The maximum absolute atomic E-state index is 12.4. The van der Waals surface area contributed by atoms with Crippen molar-refractivity contribution in [2.45, 2.75) is 25.5 Å². The van der Waals surface area contributed by atoms with Gasteiger partial charge in [0.2, 0.25) is 0 Å². The van der Waals surface area contributed by atoms with E-state index in [9.17, 15) is 13.6 Å². The first-order valence-electron chi connectivity index (χ1n) is 7.54. The van der Waals surface area contributed by atoms with Crippen molar-refractivity contribution in [2.75, 3.05) is 0 Å². The zero-order valence-electron chi connectivity index (χ0n) is 12.4. The van der Waals surface area contributed by atoms with E-state index < -0.39 is 6.61 Å². The zero-order chi connectivity index (χ0) is 16.2. The molecule has 0 spiro atoms. The SMILES string of the molecule is O=C(N[C@@H](c1ccccc1)C1CC1)c1cccc(OC(F)F)c1. The normalized spacial score (nSPS) is 15.3. The summed E-state index contributed by atoms with van der Waals surface area (Å²) in [4.78, 5) is 12.4. The Balaban J connectivity index is 1.75. The smallest absolute Gasteiger partial charge is 0.387 e. The van der Waals surface area contributed by atoms with E-state index in [1.165, 1.54) is 18.2 Å². The van der Waals surface area contributed by atoms with Crippen LogP contribution in [0.25, 0.3) is 0 Å². The minimum atomic E-state index is -2.91. The van der Waals surface area contributed by atoms with Gasteiger partial charge in [-0.05, 0) is 42.5 Å². The van der Waals surface area contributed by atoms with Gasteiger partial charge in [-0.3, -0.25) is 4.79 Å². The van der Waals surface area contributed by atoms with Crippen molar-refractivity contribution < 1.29 is 18.3 Å². The Bertz CT molecular complexity index is 672. The average molecular weight is 317 g/mol. The molecule has 1 aliphatic rings. The van der Waals surface area contributed by atoms with E-state index in [0.717, 1.165) is 18.4 Å². The lowest BCUT2D eigenvalue weighted by Gasteiger charge is -2.19. The van der Waals surface area contributed by atoms with Gasteiger partial charge in [-0.2, -0.15) is 8.78 Å². The summed E-state index contributed by atoms with van der Waals surface area (Å²) in [6.45, 7) is -2.91. The second-order valence-electron chi connectivity index (χ2n) is 5.61. The first-order chi connectivity index (χ1) is 11.1. The maximum Gasteiger partial charge on any atom is 0.387 e. The Morgan fingerprint density at radius 3 is 2.48 bits per heavy atom. The van der Waals surface area contributed by atoms with Crippen LogP contribution in [-0.4, -0.2) is 12.5 Å². The average Bonchev–Trinajstić information content (AvgIpc) is 3.37. The molecule has 1 atom stereocenters. The van der Waals surface area contributed by atoms with Gasteiger partial charge in [0.1, 0.15) is 5.75 Å². The Labute approximate surface area is 133 Å². The summed E-state index contributed by atoms with van der Waals surface area (Å²) in [6, 6.07) is 15.6. The van der Waals surface area contributed by atoms with Crippen LogP contribution in [0.1, 0.15) is 34.8 Å². The first kappa shape index (κ1) is 15.5. The van der Waals surface area contributed by atoms with Crippen molar-refractivity contribution in [1.29, 1.82) is 0 Å². The minimum Gasteiger partial charge on any atom is -0.435 e. The Morgan fingerprint density at radius 1 is 1.09 bits per heavy atom. The van der Waals surface area contributed by atoms with Crippen LogP contribution in [0, 0.1) is 5.92 Å². The van der Waals surface area contributed by atoms with Gasteiger partial charge >= 0.3 is 6.61 Å². The van der Waals surface area contributed by atoms with E-state index >= 15 is 0 Å². The molecule has 2 aromatic carbocycles. The van der Waals surface area contributed by atoms with Gasteiger partial charge in [-0.25, -0.2) is 0 Å². The number of carbonyl (C=O) groups excluding carboxylic acids is 1. The third-order valence-electron chi connectivity index (χ3n) is 3.86. The van der Waals surface area contributed by atoms with Crippen LogP contribution in [0.2, 0.25) is 0 Å². The second kappa shape index (κ2) is 6.77. The summed E-state index contributed by atoms with van der Waals surface area (Å²) >= 11 is 0. The Morgan fingerprint density at radius 2 is 1.83 bits per heavy atom. The van der Waals surface area contributed by atoms with E-state index in [4.69, 9.17) is 0 Å². The molecule has 1 amide bonds. The van der Waals surface area contributed by atoms with Crippen molar-refractivity contribution in [3.63, 3.8) is 0 Å². The van der Waals surface area contributed by atoms with Crippen molar-refractivity contribution in [2.24, 2.45) is 5.92 Å². The monoisotopic (exact) mass is 317 g/mol. The molecule has 0 heterocycles. The fourth-order valence-electron chi connectivity index (χ4n) is 2.60. The van der Waals surface area contributed by atoms with Crippen molar-refractivity contribution in [1.82, 2.24) is 5.32 Å². The van der Waals surface area contributed by atoms with Crippen molar-refractivity contribution in [3.8, 4) is 5.75 Å². The van der Waals surface area contributed by atoms with Gasteiger partial charge < -0.3 is 10.1 Å². The van der Waals surface area contributed by atoms with Crippen LogP contribution in [-0.2, 0) is 0 Å². The molecule has 120 valence electrons. The number of hydrogen-bond acceptors (Lipinski definition) is 2. The number of benzene rings is 2. The molecule has 1 aliphatic carbocycles. The largest absolute Gasteiger partial charge is 0.435 e. The van der Waals surface area contributed by atoms with Gasteiger partial charge in [0.05, 0.1) is 6.04 Å². The van der Waals surface area contributed by atoms with E-state index in [2.05, 4.69) is 10.1 Å². The molecular weight excluding hydrogens is 300 g/mol. The molecule has 23 heavy (non-hydrogen) atoms. The highest BCUT2D eigenvalue weighted by atomic mass is 19.3. The zero-order valence-corrected chi connectivity index (χ0v) is 12.4. The summed E-state index contributed by atoms with van der Waals surface area (Å²) in [5.41, 5.74) is 1.37. The molecule has 0 aromatic heterocycles. The Hall–Kier alpha value is -2.43. The number of hydrogen-bond donors (Lipinski definition) is 1. The van der Waals surface area contributed by atoms with Crippen LogP contribution >= 0.6 is 0 Å². The topological polar surface area (TPSA) is 38.3 Å². The molecule has 1 N–H and O–H groups in total. The summed E-state index contributed by atoms with van der Waals surface area (Å²) in [7, 11) is 0. The van der Waals surface area contributed by atoms with E-state index in [1.807, 2.05) is 30.3 Å². The molecule has 0 aliphatic heterocycles. The lowest BCUT2D eigenvalue weighted by molar-refractivity contribution is -0.0498. The highest BCUT2D eigenvalue weighted by Crippen LogP contribution is 2.41. The van der Waals surface area contributed by atoms with Gasteiger partial charge in [0, 0.05) is 5.56 Å². The molecule has 1 saturated carbocycles. The Kier molecular flexibility index (Phi) is 4.55. The predicted molar refractivity (Wildman–Crippen MR) is 82.4 cm³/mol. The second-order valence-corrected chi connectivity index (χ2v) is 5.61. The van der Waals surface area contributed by atoms with Crippen LogP contribution in [0.5, 0.6) is 5.75 Å². The van der Waals surface area contributed by atoms with Crippen LogP contribution in [0.4, 0.5) is 8.78 Å². The molecule has 3 nitrogen and oxygen atoms in total. The molecule has 5 heteroatoms. The molecular formula is C18H17F2NO2. The molecule has 0 unspecified atom stereocenters. The highest BCUT2D eigenvalue weighted by molar-refractivity contribution is 5.94. The van der Waals surface area contributed by atoms with Crippen molar-refractivity contribution in [3.05, 3.63) is 65.7 Å².